The van der Waals surface area contributed by atoms with Crippen LogP contribution in [-0.2, 0) is 4.79 Å². The van der Waals surface area contributed by atoms with Crippen LogP contribution in [0.15, 0.2) is 12.3 Å². The zero-order valence-corrected chi connectivity index (χ0v) is 15.9. The molecule has 2 heterocycles. The summed E-state index contributed by atoms with van der Waals surface area (Å²) in [6.45, 7) is 8.37. The lowest BCUT2D eigenvalue weighted by Crippen LogP contribution is -2.45. The van der Waals surface area contributed by atoms with Crippen molar-refractivity contribution in [2.45, 2.75) is 65.0 Å². The second-order valence-corrected chi connectivity index (χ2v) is 7.28. The van der Waals surface area contributed by atoms with Crippen LogP contribution in [0, 0.1) is 0 Å². The first-order valence-corrected chi connectivity index (χ1v) is 9.39. The Kier molecular flexibility index (Phi) is 5.25. The van der Waals surface area contributed by atoms with Crippen LogP contribution < -0.4 is 10.6 Å². The zero-order valence-electron chi connectivity index (χ0n) is 15.9. The number of carbonyl (C=O) groups is 2. The summed E-state index contributed by atoms with van der Waals surface area (Å²) in [5.74, 6) is -0.0146. The number of fused-ring (bicyclic) bond motifs is 1. The van der Waals surface area contributed by atoms with Crippen molar-refractivity contribution in [2.24, 2.45) is 0 Å². The van der Waals surface area contributed by atoms with Gasteiger partial charge in [0.25, 0.3) is 5.91 Å². The Morgan fingerprint density at radius 3 is 2.65 bits per heavy atom. The maximum absolute atomic E-state index is 12.9. The van der Waals surface area contributed by atoms with Gasteiger partial charge in [0.15, 0.2) is 5.65 Å². The SMILES string of the molecule is CCCNC(=O)[C@H](C)NC(=O)c1cc(C2CC2)nc2c1cnn2C(C)C. The highest BCUT2D eigenvalue weighted by Crippen LogP contribution is 2.40. The van der Waals surface area contributed by atoms with Gasteiger partial charge in [0, 0.05) is 24.2 Å². The van der Waals surface area contributed by atoms with E-state index in [1.165, 1.54) is 0 Å². The predicted octanol–water partition coefficient (Wildman–Crippen LogP) is 2.53. The molecule has 1 saturated carbocycles. The smallest absolute Gasteiger partial charge is 0.252 e. The van der Waals surface area contributed by atoms with Crippen LogP contribution in [-0.4, -0.2) is 39.2 Å². The molecule has 1 aliphatic carbocycles. The van der Waals surface area contributed by atoms with Crippen molar-refractivity contribution in [3.05, 3.63) is 23.5 Å². The van der Waals surface area contributed by atoms with Gasteiger partial charge in [-0.2, -0.15) is 5.10 Å². The maximum atomic E-state index is 12.9. The number of carbonyl (C=O) groups excluding carboxylic acids is 2. The monoisotopic (exact) mass is 357 g/mol. The molecule has 2 aromatic rings. The molecule has 7 nitrogen and oxygen atoms in total. The first-order valence-electron chi connectivity index (χ1n) is 9.39. The lowest BCUT2D eigenvalue weighted by atomic mass is 10.1. The highest BCUT2D eigenvalue weighted by Gasteiger charge is 2.28. The number of aromatic nitrogens is 3. The molecular weight excluding hydrogens is 330 g/mol. The fourth-order valence-corrected chi connectivity index (χ4v) is 2.93. The van der Waals surface area contributed by atoms with Crippen molar-refractivity contribution >= 4 is 22.8 Å². The highest BCUT2D eigenvalue weighted by atomic mass is 16.2. The van der Waals surface area contributed by atoms with Crippen molar-refractivity contribution in [3.8, 4) is 0 Å². The Morgan fingerprint density at radius 2 is 2.04 bits per heavy atom. The van der Waals surface area contributed by atoms with Crippen LogP contribution in [0.2, 0.25) is 0 Å². The van der Waals surface area contributed by atoms with Gasteiger partial charge in [0.2, 0.25) is 5.91 Å². The Hall–Kier alpha value is -2.44. The van der Waals surface area contributed by atoms with E-state index in [1.807, 2.05) is 31.5 Å². The molecule has 0 bridgehead atoms. The Labute approximate surface area is 153 Å². The van der Waals surface area contributed by atoms with Crippen molar-refractivity contribution in [3.63, 3.8) is 0 Å². The maximum Gasteiger partial charge on any atom is 0.252 e. The van der Waals surface area contributed by atoms with E-state index in [4.69, 9.17) is 4.98 Å². The number of nitrogens with zero attached hydrogens (tertiary/aromatic N) is 3. The number of hydrogen-bond donors (Lipinski definition) is 2. The third-order valence-corrected chi connectivity index (χ3v) is 4.61. The van der Waals surface area contributed by atoms with Crippen molar-refractivity contribution in [2.75, 3.05) is 6.54 Å². The quantitative estimate of drug-likeness (QED) is 0.797. The van der Waals surface area contributed by atoms with Gasteiger partial charge in [-0.15, -0.1) is 0 Å². The summed E-state index contributed by atoms with van der Waals surface area (Å²) >= 11 is 0. The average molecular weight is 357 g/mol. The molecule has 140 valence electrons. The molecule has 2 N–H and O–H groups in total. The molecule has 3 rings (SSSR count). The number of rotatable bonds is 7. The molecule has 1 fully saturated rings. The third kappa shape index (κ3) is 3.71. The molecule has 2 aromatic heterocycles. The zero-order chi connectivity index (χ0) is 18.8. The van der Waals surface area contributed by atoms with E-state index in [-0.39, 0.29) is 17.9 Å². The van der Waals surface area contributed by atoms with Gasteiger partial charge < -0.3 is 10.6 Å². The molecular formula is C19H27N5O2. The van der Waals surface area contributed by atoms with Gasteiger partial charge >= 0.3 is 0 Å². The van der Waals surface area contributed by atoms with E-state index >= 15 is 0 Å². The summed E-state index contributed by atoms with van der Waals surface area (Å²) in [4.78, 5) is 29.7. The summed E-state index contributed by atoms with van der Waals surface area (Å²) in [6.07, 6.45) is 4.75. The van der Waals surface area contributed by atoms with Crippen LogP contribution in [0.4, 0.5) is 0 Å². The van der Waals surface area contributed by atoms with Gasteiger partial charge in [-0.3, -0.25) is 9.59 Å². The number of amides is 2. The lowest BCUT2D eigenvalue weighted by molar-refractivity contribution is -0.122. The van der Waals surface area contributed by atoms with Crippen LogP contribution in [0.5, 0.6) is 0 Å². The van der Waals surface area contributed by atoms with Gasteiger partial charge in [0.1, 0.15) is 6.04 Å². The van der Waals surface area contributed by atoms with Gasteiger partial charge in [-0.1, -0.05) is 6.92 Å². The first-order chi connectivity index (χ1) is 12.4. The number of pyridine rings is 1. The van der Waals surface area contributed by atoms with Crippen molar-refractivity contribution in [1.29, 1.82) is 0 Å². The van der Waals surface area contributed by atoms with E-state index in [9.17, 15) is 9.59 Å². The molecule has 0 spiro atoms. The van der Waals surface area contributed by atoms with Crippen LogP contribution in [0.25, 0.3) is 11.0 Å². The van der Waals surface area contributed by atoms with Gasteiger partial charge in [-0.25, -0.2) is 9.67 Å². The first kappa shape index (κ1) is 18.4. The van der Waals surface area contributed by atoms with E-state index < -0.39 is 6.04 Å². The Morgan fingerprint density at radius 1 is 1.31 bits per heavy atom. The second kappa shape index (κ2) is 7.43. The highest BCUT2D eigenvalue weighted by molar-refractivity contribution is 6.06. The van der Waals surface area contributed by atoms with E-state index in [1.54, 1.807) is 13.1 Å². The standard InChI is InChI=1S/C19H27N5O2/c1-5-8-20-18(25)12(4)22-19(26)14-9-16(13-6-7-13)23-17-15(14)10-21-24(17)11(2)3/h9-13H,5-8H2,1-4H3,(H,20,25)(H,22,26)/t12-/m0/s1. The molecule has 0 aromatic carbocycles. The second-order valence-electron chi connectivity index (χ2n) is 7.28. The molecule has 1 aliphatic rings. The van der Waals surface area contributed by atoms with Crippen molar-refractivity contribution in [1.82, 2.24) is 25.4 Å². The lowest BCUT2D eigenvalue weighted by Gasteiger charge is -2.15. The van der Waals surface area contributed by atoms with Crippen LogP contribution in [0.1, 0.15) is 75.0 Å². The fourth-order valence-electron chi connectivity index (χ4n) is 2.93. The fraction of sp³-hybridized carbons (Fsp3) is 0.579. The minimum absolute atomic E-state index is 0.157. The summed E-state index contributed by atoms with van der Waals surface area (Å²) < 4.78 is 1.84. The topological polar surface area (TPSA) is 88.9 Å². The third-order valence-electron chi connectivity index (χ3n) is 4.61. The molecule has 0 saturated heterocycles. The van der Waals surface area contributed by atoms with Gasteiger partial charge in [0.05, 0.1) is 17.1 Å². The molecule has 7 heteroatoms. The van der Waals surface area contributed by atoms with E-state index in [0.29, 0.717) is 18.0 Å². The summed E-state index contributed by atoms with van der Waals surface area (Å²) in [5, 5.41) is 10.7. The largest absolute Gasteiger partial charge is 0.354 e. The normalized spacial score (nSPS) is 15.3. The molecule has 0 aliphatic heterocycles. The summed E-state index contributed by atoms with van der Waals surface area (Å²) in [5.41, 5.74) is 2.21. The van der Waals surface area contributed by atoms with Crippen LogP contribution in [0.3, 0.4) is 0 Å². The molecule has 2 amide bonds. The Bertz CT molecular complexity index is 823. The van der Waals surface area contributed by atoms with Crippen LogP contribution >= 0.6 is 0 Å². The average Bonchev–Trinajstić information content (AvgIpc) is 3.37. The van der Waals surface area contributed by atoms with Gasteiger partial charge in [-0.05, 0) is 46.1 Å². The minimum Gasteiger partial charge on any atom is -0.354 e. The molecule has 0 radical (unpaired) electrons. The summed E-state index contributed by atoms with van der Waals surface area (Å²) in [7, 11) is 0. The minimum atomic E-state index is -0.596. The van der Waals surface area contributed by atoms with Crippen molar-refractivity contribution < 1.29 is 9.59 Å². The molecule has 26 heavy (non-hydrogen) atoms. The molecule has 0 unspecified atom stereocenters. The Balaban J connectivity index is 1.90. The number of hydrogen-bond acceptors (Lipinski definition) is 4. The predicted molar refractivity (Wildman–Crippen MR) is 100 cm³/mol. The van der Waals surface area contributed by atoms with E-state index in [0.717, 1.165) is 36.0 Å². The molecule has 1 atom stereocenters. The summed E-state index contributed by atoms with van der Waals surface area (Å²) in [6, 6.07) is 1.42. The van der Waals surface area contributed by atoms with E-state index in [2.05, 4.69) is 15.7 Å². The number of nitrogens with one attached hydrogen (secondary N) is 2.